The Labute approximate surface area is 161 Å². The van der Waals surface area contributed by atoms with E-state index in [0.717, 1.165) is 56.7 Å². The van der Waals surface area contributed by atoms with Crippen LogP contribution in [0, 0.1) is 11.7 Å². The second-order valence-electron chi connectivity index (χ2n) is 7.36. The van der Waals surface area contributed by atoms with Gasteiger partial charge < -0.3 is 9.80 Å². The van der Waals surface area contributed by atoms with Crippen molar-refractivity contribution in [1.82, 2.24) is 4.90 Å². The van der Waals surface area contributed by atoms with Gasteiger partial charge in [-0.15, -0.1) is 0 Å². The number of rotatable bonds is 7. The number of carbonyl (C=O) groups excluding carboxylic acids is 1. The molecule has 27 heavy (non-hydrogen) atoms. The molecular formula is C23H29FN2O. The Balaban J connectivity index is 1.50. The highest BCUT2D eigenvalue weighted by molar-refractivity contribution is 5.93. The first-order valence-electron chi connectivity index (χ1n) is 9.98. The zero-order chi connectivity index (χ0) is 19.1. The van der Waals surface area contributed by atoms with Crippen molar-refractivity contribution in [3.8, 4) is 0 Å². The molecular weight excluding hydrogens is 339 g/mol. The number of carbonyl (C=O) groups is 1. The maximum absolute atomic E-state index is 13.3. The normalized spacial score (nSPS) is 15.6. The molecule has 1 aliphatic rings. The van der Waals surface area contributed by atoms with E-state index in [2.05, 4.69) is 4.90 Å². The summed E-state index contributed by atoms with van der Waals surface area (Å²) in [7, 11) is 0. The number of hydrogen-bond donors (Lipinski definition) is 0. The van der Waals surface area contributed by atoms with Gasteiger partial charge in [-0.1, -0.05) is 37.3 Å². The maximum atomic E-state index is 13.3. The topological polar surface area (TPSA) is 23.6 Å². The summed E-state index contributed by atoms with van der Waals surface area (Å²) in [5.41, 5.74) is 2.05. The number of likely N-dealkylation sites (tertiary alicyclic amines) is 1. The van der Waals surface area contributed by atoms with Crippen molar-refractivity contribution in [2.75, 3.05) is 31.1 Å². The lowest BCUT2D eigenvalue weighted by molar-refractivity contribution is -0.118. The lowest BCUT2D eigenvalue weighted by Gasteiger charge is -2.35. The van der Waals surface area contributed by atoms with Crippen LogP contribution in [0.5, 0.6) is 0 Å². The number of amides is 1. The van der Waals surface area contributed by atoms with Crippen molar-refractivity contribution >= 4 is 11.6 Å². The Morgan fingerprint density at radius 3 is 2.52 bits per heavy atom. The van der Waals surface area contributed by atoms with E-state index in [1.165, 1.54) is 6.07 Å². The Morgan fingerprint density at radius 2 is 1.85 bits per heavy atom. The second kappa shape index (κ2) is 9.65. The van der Waals surface area contributed by atoms with Gasteiger partial charge in [0.25, 0.3) is 0 Å². The van der Waals surface area contributed by atoms with Crippen LogP contribution < -0.4 is 4.90 Å². The molecule has 0 aliphatic carbocycles. The molecule has 0 atom stereocenters. The Morgan fingerprint density at radius 1 is 1.11 bits per heavy atom. The van der Waals surface area contributed by atoms with E-state index >= 15 is 0 Å². The van der Waals surface area contributed by atoms with Crippen LogP contribution in [0.15, 0.2) is 54.6 Å². The highest BCUT2D eigenvalue weighted by atomic mass is 19.1. The molecule has 3 nitrogen and oxygen atoms in total. The average Bonchev–Trinajstić information content (AvgIpc) is 2.71. The van der Waals surface area contributed by atoms with Gasteiger partial charge in [0.2, 0.25) is 5.91 Å². The number of para-hydroxylation sites is 1. The van der Waals surface area contributed by atoms with E-state index in [9.17, 15) is 9.18 Å². The highest BCUT2D eigenvalue weighted by Gasteiger charge is 2.24. The molecule has 4 heteroatoms. The van der Waals surface area contributed by atoms with E-state index in [-0.39, 0.29) is 11.7 Å². The molecule has 1 saturated heterocycles. The molecule has 144 valence electrons. The fourth-order valence-electron chi connectivity index (χ4n) is 3.78. The molecule has 0 unspecified atom stereocenters. The van der Waals surface area contributed by atoms with Crippen LogP contribution in [0.25, 0.3) is 0 Å². The summed E-state index contributed by atoms with van der Waals surface area (Å²) in [6, 6.07) is 16.9. The molecule has 0 spiro atoms. The first-order valence-corrected chi connectivity index (χ1v) is 9.98. The molecule has 0 N–H and O–H groups in total. The Kier molecular flexibility index (Phi) is 6.99. The van der Waals surface area contributed by atoms with Crippen LogP contribution in [0.4, 0.5) is 10.1 Å². The summed E-state index contributed by atoms with van der Waals surface area (Å²) >= 11 is 0. The zero-order valence-corrected chi connectivity index (χ0v) is 16.1. The SMILES string of the molecule is CCC(=O)N(CC1CCN(CCc2cccc(F)c2)CC1)c1ccccc1. The van der Waals surface area contributed by atoms with E-state index < -0.39 is 0 Å². The van der Waals surface area contributed by atoms with Crippen molar-refractivity contribution in [3.05, 3.63) is 66.0 Å². The third-order valence-corrected chi connectivity index (χ3v) is 5.43. The van der Waals surface area contributed by atoms with Crippen molar-refractivity contribution in [1.29, 1.82) is 0 Å². The van der Waals surface area contributed by atoms with Gasteiger partial charge in [-0.25, -0.2) is 4.39 Å². The van der Waals surface area contributed by atoms with Crippen molar-refractivity contribution in [2.24, 2.45) is 5.92 Å². The summed E-state index contributed by atoms with van der Waals surface area (Å²) in [5, 5.41) is 0. The molecule has 1 aliphatic heterocycles. The van der Waals surface area contributed by atoms with Crippen molar-refractivity contribution < 1.29 is 9.18 Å². The van der Waals surface area contributed by atoms with Crippen LogP contribution in [-0.4, -0.2) is 37.0 Å². The summed E-state index contributed by atoms with van der Waals surface area (Å²) in [4.78, 5) is 16.8. The first-order chi connectivity index (χ1) is 13.2. The molecule has 1 heterocycles. The van der Waals surface area contributed by atoms with Crippen LogP contribution in [0.2, 0.25) is 0 Å². The summed E-state index contributed by atoms with van der Waals surface area (Å²) in [6.07, 6.45) is 3.61. The second-order valence-corrected chi connectivity index (χ2v) is 7.36. The minimum absolute atomic E-state index is 0.159. The van der Waals surface area contributed by atoms with Crippen molar-refractivity contribution in [2.45, 2.75) is 32.6 Å². The predicted molar refractivity (Wildman–Crippen MR) is 108 cm³/mol. The van der Waals surface area contributed by atoms with Gasteiger partial charge in [-0.2, -0.15) is 0 Å². The van der Waals surface area contributed by atoms with Gasteiger partial charge in [0.05, 0.1) is 0 Å². The van der Waals surface area contributed by atoms with Gasteiger partial charge in [-0.3, -0.25) is 4.79 Å². The minimum Gasteiger partial charge on any atom is -0.312 e. The molecule has 1 fully saturated rings. The van der Waals surface area contributed by atoms with Gasteiger partial charge >= 0.3 is 0 Å². The summed E-state index contributed by atoms with van der Waals surface area (Å²) < 4.78 is 13.3. The lowest BCUT2D eigenvalue weighted by Crippen LogP contribution is -2.41. The van der Waals surface area contributed by atoms with Gasteiger partial charge in [-0.05, 0) is 68.1 Å². The number of benzene rings is 2. The minimum atomic E-state index is -0.159. The van der Waals surface area contributed by atoms with Crippen LogP contribution in [0.1, 0.15) is 31.7 Å². The standard InChI is InChI=1S/C23H29FN2O/c1-2-23(27)26(22-9-4-3-5-10-22)18-20-12-15-25(16-13-20)14-11-19-7-6-8-21(24)17-19/h3-10,17,20H,2,11-16,18H2,1H3. The van der Waals surface area contributed by atoms with E-state index in [1.54, 1.807) is 12.1 Å². The molecule has 0 saturated carbocycles. The number of anilines is 1. The van der Waals surface area contributed by atoms with Crippen LogP contribution >= 0.6 is 0 Å². The molecule has 0 radical (unpaired) electrons. The van der Waals surface area contributed by atoms with Crippen molar-refractivity contribution in [3.63, 3.8) is 0 Å². The first kappa shape index (κ1) is 19.6. The Hall–Kier alpha value is -2.20. The number of halogens is 1. The third-order valence-electron chi connectivity index (χ3n) is 5.43. The van der Waals surface area contributed by atoms with E-state index in [0.29, 0.717) is 12.3 Å². The smallest absolute Gasteiger partial charge is 0.226 e. The van der Waals surface area contributed by atoms with Gasteiger partial charge in [0.15, 0.2) is 0 Å². The van der Waals surface area contributed by atoms with Gasteiger partial charge in [0.1, 0.15) is 5.82 Å². The summed E-state index contributed by atoms with van der Waals surface area (Å²) in [6.45, 7) is 5.78. The maximum Gasteiger partial charge on any atom is 0.226 e. The molecule has 2 aromatic rings. The monoisotopic (exact) mass is 368 g/mol. The number of piperidine rings is 1. The molecule has 0 aromatic heterocycles. The number of hydrogen-bond acceptors (Lipinski definition) is 2. The average molecular weight is 368 g/mol. The third kappa shape index (κ3) is 5.64. The fourth-order valence-corrected chi connectivity index (χ4v) is 3.78. The molecule has 2 aromatic carbocycles. The lowest BCUT2D eigenvalue weighted by atomic mass is 9.95. The molecule has 1 amide bonds. The highest BCUT2D eigenvalue weighted by Crippen LogP contribution is 2.23. The number of nitrogens with zero attached hydrogens (tertiary/aromatic N) is 2. The largest absolute Gasteiger partial charge is 0.312 e. The zero-order valence-electron chi connectivity index (χ0n) is 16.1. The van der Waals surface area contributed by atoms with Gasteiger partial charge in [0, 0.05) is 25.2 Å². The predicted octanol–water partition coefficient (Wildman–Crippen LogP) is 4.52. The molecule has 3 rings (SSSR count). The van der Waals surface area contributed by atoms with E-state index in [4.69, 9.17) is 0 Å². The van der Waals surface area contributed by atoms with Crippen LogP contribution in [-0.2, 0) is 11.2 Å². The van der Waals surface area contributed by atoms with Crippen LogP contribution in [0.3, 0.4) is 0 Å². The fraction of sp³-hybridized carbons (Fsp3) is 0.435. The quantitative estimate of drug-likeness (QED) is 0.717. The molecule has 0 bridgehead atoms. The Bertz CT molecular complexity index is 726. The summed E-state index contributed by atoms with van der Waals surface area (Å²) in [5.74, 6) is 0.564. The van der Waals surface area contributed by atoms with E-state index in [1.807, 2.05) is 48.2 Å².